The van der Waals surface area contributed by atoms with E-state index in [1.54, 1.807) is 12.1 Å². The van der Waals surface area contributed by atoms with Gasteiger partial charge in [0.2, 0.25) is 0 Å². The van der Waals surface area contributed by atoms with Crippen LogP contribution >= 0.6 is 15.9 Å². The molecule has 0 aliphatic rings. The van der Waals surface area contributed by atoms with Crippen LogP contribution in [0.5, 0.6) is 0 Å². The Labute approximate surface area is 107 Å². The van der Waals surface area contributed by atoms with Gasteiger partial charge in [-0.3, -0.25) is 9.82 Å². The first kappa shape index (κ1) is 12.1. The van der Waals surface area contributed by atoms with E-state index in [0.717, 1.165) is 10.0 Å². The van der Waals surface area contributed by atoms with E-state index >= 15 is 0 Å². The lowest BCUT2D eigenvalue weighted by atomic mass is 10.2. The van der Waals surface area contributed by atoms with E-state index in [1.165, 1.54) is 12.4 Å². The van der Waals surface area contributed by atoms with Gasteiger partial charge in [-0.05, 0) is 30.7 Å². The maximum atomic E-state index is 11.9. The number of aromatic nitrogens is 2. The number of sulfonamides is 1. The van der Waals surface area contributed by atoms with Crippen molar-refractivity contribution in [3.63, 3.8) is 0 Å². The quantitative estimate of drug-likeness (QED) is 0.912. The third-order valence-corrected chi connectivity index (χ3v) is 3.88. The second kappa shape index (κ2) is 4.50. The molecule has 0 atom stereocenters. The summed E-state index contributed by atoms with van der Waals surface area (Å²) in [7, 11) is -3.57. The zero-order valence-corrected chi connectivity index (χ0v) is 11.3. The summed E-state index contributed by atoms with van der Waals surface area (Å²) in [6, 6.07) is 5.35. The van der Waals surface area contributed by atoms with E-state index in [4.69, 9.17) is 0 Å². The molecule has 2 N–H and O–H groups in total. The van der Waals surface area contributed by atoms with Gasteiger partial charge in [-0.2, -0.15) is 5.10 Å². The molecule has 0 radical (unpaired) electrons. The fourth-order valence-electron chi connectivity index (χ4n) is 1.40. The second-order valence-corrected chi connectivity index (χ2v) is 6.15. The van der Waals surface area contributed by atoms with Crippen LogP contribution in [0.15, 0.2) is 40.0 Å². The molecule has 5 nitrogen and oxygen atoms in total. The number of halogens is 1. The lowest BCUT2D eigenvalue weighted by molar-refractivity contribution is 0.601. The van der Waals surface area contributed by atoms with Gasteiger partial charge < -0.3 is 0 Å². The van der Waals surface area contributed by atoms with Gasteiger partial charge in [0.1, 0.15) is 4.90 Å². The van der Waals surface area contributed by atoms with Gasteiger partial charge in [0, 0.05) is 10.7 Å². The van der Waals surface area contributed by atoms with Crippen LogP contribution in [0.4, 0.5) is 5.69 Å². The third kappa shape index (κ3) is 2.86. The molecule has 1 aromatic heterocycles. The van der Waals surface area contributed by atoms with Gasteiger partial charge in [-0.1, -0.05) is 15.9 Å². The smallest absolute Gasteiger partial charge is 0.265 e. The number of H-pyrrole nitrogens is 1. The maximum Gasteiger partial charge on any atom is 0.265 e. The van der Waals surface area contributed by atoms with Crippen LogP contribution in [0.2, 0.25) is 0 Å². The molecule has 7 heteroatoms. The first-order chi connectivity index (χ1) is 7.97. The average molecular weight is 316 g/mol. The number of benzene rings is 1. The van der Waals surface area contributed by atoms with Crippen molar-refractivity contribution < 1.29 is 8.42 Å². The Morgan fingerprint density at radius 3 is 2.71 bits per heavy atom. The lowest BCUT2D eigenvalue weighted by Gasteiger charge is -2.07. The van der Waals surface area contributed by atoms with Crippen molar-refractivity contribution in [2.24, 2.45) is 0 Å². The zero-order chi connectivity index (χ0) is 12.5. The number of aryl methyl sites for hydroxylation is 1. The maximum absolute atomic E-state index is 11.9. The van der Waals surface area contributed by atoms with Crippen molar-refractivity contribution in [3.05, 3.63) is 40.6 Å². The fraction of sp³-hybridized carbons (Fsp3) is 0.100. The molecule has 2 aromatic rings. The molecule has 0 amide bonds. The van der Waals surface area contributed by atoms with Crippen molar-refractivity contribution in [2.75, 3.05) is 4.72 Å². The third-order valence-electron chi connectivity index (χ3n) is 2.08. The van der Waals surface area contributed by atoms with Gasteiger partial charge >= 0.3 is 0 Å². The number of hydrogen-bond acceptors (Lipinski definition) is 3. The minimum absolute atomic E-state index is 0.107. The van der Waals surface area contributed by atoms with Crippen LogP contribution in [0, 0.1) is 6.92 Å². The Hall–Kier alpha value is -1.34. The Morgan fingerprint density at radius 2 is 2.12 bits per heavy atom. The molecular weight excluding hydrogens is 306 g/mol. The van der Waals surface area contributed by atoms with E-state index in [0.29, 0.717) is 5.69 Å². The van der Waals surface area contributed by atoms with Crippen molar-refractivity contribution in [1.82, 2.24) is 10.2 Å². The summed E-state index contributed by atoms with van der Waals surface area (Å²) in [5, 5.41) is 6.08. The highest BCUT2D eigenvalue weighted by Crippen LogP contribution is 2.21. The standard InChI is InChI=1S/C10H10BrN3O2S/c1-7-2-8(11)4-9(3-7)14-17(15,16)10-5-12-13-6-10/h2-6,14H,1H3,(H,12,13). The largest absolute Gasteiger partial charge is 0.284 e. The molecule has 0 unspecified atom stereocenters. The van der Waals surface area contributed by atoms with Crippen LogP contribution in [0.1, 0.15) is 5.56 Å². The van der Waals surface area contributed by atoms with Crippen LogP contribution < -0.4 is 4.72 Å². The second-order valence-electron chi connectivity index (χ2n) is 3.56. The summed E-state index contributed by atoms with van der Waals surface area (Å²) < 4.78 is 27.1. The minimum atomic E-state index is -3.57. The molecule has 2 rings (SSSR count). The average Bonchev–Trinajstić information content (AvgIpc) is 2.67. The highest BCUT2D eigenvalue weighted by atomic mass is 79.9. The summed E-state index contributed by atoms with van der Waals surface area (Å²) in [4.78, 5) is 0.107. The molecule has 0 aliphatic heterocycles. The van der Waals surface area contributed by atoms with Gasteiger partial charge in [-0.25, -0.2) is 8.42 Å². The van der Waals surface area contributed by atoms with E-state index in [2.05, 4.69) is 30.8 Å². The highest BCUT2D eigenvalue weighted by Gasteiger charge is 2.15. The monoisotopic (exact) mass is 315 g/mol. The fourth-order valence-corrected chi connectivity index (χ4v) is 2.95. The van der Waals surface area contributed by atoms with Gasteiger partial charge in [0.25, 0.3) is 10.0 Å². The van der Waals surface area contributed by atoms with E-state index in [1.807, 2.05) is 13.0 Å². The SMILES string of the molecule is Cc1cc(Br)cc(NS(=O)(=O)c2cn[nH]c2)c1. The van der Waals surface area contributed by atoms with Gasteiger partial charge in [0.15, 0.2) is 0 Å². The summed E-state index contributed by atoms with van der Waals surface area (Å²) in [6.45, 7) is 1.89. The van der Waals surface area contributed by atoms with Crippen molar-refractivity contribution in [1.29, 1.82) is 0 Å². The normalized spacial score (nSPS) is 11.4. The van der Waals surface area contributed by atoms with Crippen LogP contribution in [-0.2, 0) is 10.0 Å². The molecule has 1 aromatic carbocycles. The first-order valence-electron chi connectivity index (χ1n) is 4.76. The topological polar surface area (TPSA) is 74.8 Å². The van der Waals surface area contributed by atoms with Crippen molar-refractivity contribution in [3.8, 4) is 0 Å². The predicted molar refractivity (Wildman–Crippen MR) is 68.3 cm³/mol. The molecule has 0 bridgehead atoms. The molecule has 1 heterocycles. The molecular formula is C10H10BrN3O2S. The molecule has 0 aliphatic carbocycles. The van der Waals surface area contributed by atoms with Gasteiger partial charge in [0.05, 0.1) is 11.9 Å². The Morgan fingerprint density at radius 1 is 1.35 bits per heavy atom. The molecule has 0 saturated heterocycles. The predicted octanol–water partition coefficient (Wildman–Crippen LogP) is 2.28. The Balaban J connectivity index is 2.33. The Kier molecular flexibility index (Phi) is 3.21. The summed E-state index contributed by atoms with van der Waals surface area (Å²) >= 11 is 3.32. The highest BCUT2D eigenvalue weighted by molar-refractivity contribution is 9.10. The van der Waals surface area contributed by atoms with Crippen molar-refractivity contribution >= 4 is 31.6 Å². The number of anilines is 1. The van der Waals surface area contributed by atoms with Crippen LogP contribution in [0.25, 0.3) is 0 Å². The molecule has 0 saturated carbocycles. The van der Waals surface area contributed by atoms with E-state index < -0.39 is 10.0 Å². The van der Waals surface area contributed by atoms with Crippen LogP contribution in [-0.4, -0.2) is 18.6 Å². The number of aromatic amines is 1. The van der Waals surface area contributed by atoms with Gasteiger partial charge in [-0.15, -0.1) is 0 Å². The van der Waals surface area contributed by atoms with Crippen LogP contribution in [0.3, 0.4) is 0 Å². The summed E-state index contributed by atoms with van der Waals surface area (Å²) in [5.41, 5.74) is 1.47. The summed E-state index contributed by atoms with van der Waals surface area (Å²) in [5.74, 6) is 0. The number of nitrogens with zero attached hydrogens (tertiary/aromatic N) is 1. The summed E-state index contributed by atoms with van der Waals surface area (Å²) in [6.07, 6.45) is 2.58. The number of hydrogen-bond donors (Lipinski definition) is 2. The van der Waals surface area contributed by atoms with Crippen molar-refractivity contribution in [2.45, 2.75) is 11.8 Å². The molecule has 90 valence electrons. The molecule has 0 spiro atoms. The Bertz CT molecular complexity index is 603. The van der Waals surface area contributed by atoms with E-state index in [-0.39, 0.29) is 4.90 Å². The number of rotatable bonds is 3. The first-order valence-corrected chi connectivity index (χ1v) is 7.04. The van der Waals surface area contributed by atoms with E-state index in [9.17, 15) is 8.42 Å². The number of nitrogens with one attached hydrogen (secondary N) is 2. The lowest BCUT2D eigenvalue weighted by Crippen LogP contribution is -2.12. The molecule has 17 heavy (non-hydrogen) atoms. The minimum Gasteiger partial charge on any atom is -0.284 e. The molecule has 0 fully saturated rings. The zero-order valence-electron chi connectivity index (χ0n) is 8.94.